The molecule has 0 unspecified atom stereocenters. The number of aliphatic carboxylic acids is 1. The molecule has 2 aliphatic heterocycles. The van der Waals surface area contributed by atoms with Gasteiger partial charge < -0.3 is 64.6 Å². The summed E-state index contributed by atoms with van der Waals surface area (Å²) >= 11 is 0. The number of ether oxygens (including phenoxy) is 4. The number of hydrogen-bond donors (Lipinski definition) is 7. The Morgan fingerprint density at radius 3 is 2.11 bits per heavy atom. The van der Waals surface area contributed by atoms with E-state index in [2.05, 4.69) is 0 Å². The average Bonchev–Trinajstić information content (AvgIpc) is 2.63. The number of rotatable bonds is 7. The first-order valence-electron chi connectivity index (χ1n) is 8.10. The second-order valence-corrected chi connectivity index (χ2v) is 6.23. The Bertz CT molecular complexity index is 494. The van der Waals surface area contributed by atoms with Crippen LogP contribution in [0.3, 0.4) is 0 Å². The molecule has 14 heteroatoms. The third kappa shape index (κ3) is 6.02. The Balaban J connectivity index is 0.00000392. The summed E-state index contributed by atoms with van der Waals surface area (Å²) in [5, 5.41) is 78.7. The first-order chi connectivity index (χ1) is 12.7. The second kappa shape index (κ2) is 11.4. The van der Waals surface area contributed by atoms with Crippen molar-refractivity contribution in [2.45, 2.75) is 61.4 Å². The number of hydrogen-bond acceptors (Lipinski definition) is 13. The van der Waals surface area contributed by atoms with Crippen LogP contribution in [0.1, 0.15) is 0 Å². The number of aliphatic hydroxyl groups is 7. The van der Waals surface area contributed by atoms with Crippen molar-refractivity contribution in [2.75, 3.05) is 19.8 Å². The van der Waals surface area contributed by atoms with Gasteiger partial charge in [-0.25, -0.2) is 0 Å². The van der Waals surface area contributed by atoms with E-state index in [1.54, 1.807) is 0 Å². The van der Waals surface area contributed by atoms with E-state index in [0.717, 1.165) is 0 Å². The quantitative estimate of drug-likeness (QED) is 0.190. The van der Waals surface area contributed by atoms with E-state index in [1.165, 1.54) is 0 Å². The Kier molecular flexibility index (Phi) is 10.6. The molecule has 0 bridgehead atoms. The number of carboxylic acid groups (broad SMARTS) is 1. The van der Waals surface area contributed by atoms with Gasteiger partial charge in [0, 0.05) is 0 Å². The average molecular weight is 422 g/mol. The standard InChI is InChI=1S/C14H24O13.Na/c15-1-4-12(9(20)10(21)13(23)25-4)27-14-11(22)8(19)7(18)5(26-14)2-24-3-6(16)17;/h4-5,7-15,18-23H,1-3H2,(H,16,17);/q;+1/p-1/t4-,5-,7+,8+,9-,10-,11-,12-,13+,14+;/m1./s1. The zero-order chi connectivity index (χ0) is 20.3. The van der Waals surface area contributed by atoms with E-state index >= 15 is 0 Å². The normalized spacial score (nSPS) is 44.0. The van der Waals surface area contributed by atoms with Gasteiger partial charge >= 0.3 is 29.6 Å². The summed E-state index contributed by atoms with van der Waals surface area (Å²) in [5.74, 6) is -1.52. The summed E-state index contributed by atoms with van der Waals surface area (Å²) < 4.78 is 20.2. The molecule has 0 aromatic carbocycles. The van der Waals surface area contributed by atoms with Crippen molar-refractivity contribution in [2.24, 2.45) is 0 Å². The molecule has 0 saturated carbocycles. The first kappa shape index (κ1) is 26.1. The number of aliphatic hydroxyl groups excluding tert-OH is 7. The van der Waals surface area contributed by atoms with Crippen LogP contribution in [0.25, 0.3) is 0 Å². The number of carboxylic acids is 1. The predicted molar refractivity (Wildman–Crippen MR) is 77.4 cm³/mol. The minimum absolute atomic E-state index is 0. The first-order valence-corrected chi connectivity index (χ1v) is 8.10. The van der Waals surface area contributed by atoms with Crippen molar-refractivity contribution >= 4 is 5.97 Å². The van der Waals surface area contributed by atoms with Gasteiger partial charge in [-0.15, -0.1) is 0 Å². The van der Waals surface area contributed by atoms with Gasteiger partial charge in [-0.3, -0.25) is 0 Å². The molecule has 0 aliphatic carbocycles. The van der Waals surface area contributed by atoms with Crippen molar-refractivity contribution < 1.29 is 94.2 Å². The predicted octanol–water partition coefficient (Wildman–Crippen LogP) is -9.62. The van der Waals surface area contributed by atoms with E-state index in [0.29, 0.717) is 0 Å². The molecule has 158 valence electrons. The van der Waals surface area contributed by atoms with E-state index in [-0.39, 0.29) is 29.6 Å². The monoisotopic (exact) mass is 422 g/mol. The minimum atomic E-state index is -1.80. The molecule has 0 amide bonds. The Labute approximate surface area is 181 Å². The molecule has 0 radical (unpaired) electrons. The molecule has 2 fully saturated rings. The van der Waals surface area contributed by atoms with Crippen LogP contribution in [0.2, 0.25) is 0 Å². The van der Waals surface area contributed by atoms with Crippen LogP contribution in [-0.2, 0) is 23.7 Å². The van der Waals surface area contributed by atoms with Crippen molar-refractivity contribution in [3.05, 3.63) is 0 Å². The summed E-state index contributed by atoms with van der Waals surface area (Å²) in [6.45, 7) is -2.02. The Morgan fingerprint density at radius 2 is 1.54 bits per heavy atom. The Morgan fingerprint density at radius 1 is 0.893 bits per heavy atom. The van der Waals surface area contributed by atoms with E-state index < -0.39 is 87.2 Å². The molecule has 0 spiro atoms. The SMILES string of the molecule is O=C([O-])COC[C@H]1O[C@@H](O[C@H]2[C@H](O)[C@@H](O)[C@@H](O)O[C@@H]2CO)[C@H](O)[C@@H](O)[C@H]1O.[Na+]. The fourth-order valence-electron chi connectivity index (χ4n) is 2.81. The number of carbonyl (C=O) groups is 1. The molecule has 13 nitrogen and oxygen atoms in total. The largest absolute Gasteiger partial charge is 1.00 e. The fourth-order valence-corrected chi connectivity index (χ4v) is 2.81. The molecular weight excluding hydrogens is 399 g/mol. The second-order valence-electron chi connectivity index (χ2n) is 6.23. The molecule has 7 N–H and O–H groups in total. The summed E-state index contributed by atoms with van der Waals surface area (Å²) in [5.41, 5.74) is 0. The van der Waals surface area contributed by atoms with Crippen LogP contribution in [0.15, 0.2) is 0 Å². The molecule has 28 heavy (non-hydrogen) atoms. The maximum atomic E-state index is 10.4. The minimum Gasteiger partial charge on any atom is -0.548 e. The third-order valence-corrected chi connectivity index (χ3v) is 4.30. The van der Waals surface area contributed by atoms with Crippen LogP contribution >= 0.6 is 0 Å². The van der Waals surface area contributed by atoms with E-state index in [4.69, 9.17) is 18.9 Å². The van der Waals surface area contributed by atoms with Crippen LogP contribution < -0.4 is 34.7 Å². The summed E-state index contributed by atoms with van der Waals surface area (Å²) in [4.78, 5) is 10.4. The summed E-state index contributed by atoms with van der Waals surface area (Å²) in [6, 6.07) is 0. The van der Waals surface area contributed by atoms with Crippen LogP contribution in [-0.4, -0.2) is 123 Å². The van der Waals surface area contributed by atoms with Gasteiger partial charge in [-0.05, 0) is 0 Å². The molecule has 2 aliphatic rings. The summed E-state index contributed by atoms with van der Waals surface area (Å²) in [6.07, 6.45) is -16.3. The molecular formula is C14H23NaO13. The van der Waals surface area contributed by atoms with E-state index in [1.807, 2.05) is 0 Å². The maximum Gasteiger partial charge on any atom is 1.00 e. The van der Waals surface area contributed by atoms with Crippen LogP contribution in [0.5, 0.6) is 0 Å². The van der Waals surface area contributed by atoms with Gasteiger partial charge in [0.1, 0.15) is 48.8 Å². The van der Waals surface area contributed by atoms with Crippen molar-refractivity contribution in [1.82, 2.24) is 0 Å². The number of carbonyl (C=O) groups excluding carboxylic acids is 1. The topological polar surface area (TPSA) is 219 Å². The van der Waals surface area contributed by atoms with Gasteiger partial charge in [0.2, 0.25) is 0 Å². The van der Waals surface area contributed by atoms with Crippen LogP contribution in [0.4, 0.5) is 0 Å². The van der Waals surface area contributed by atoms with Crippen molar-refractivity contribution in [1.29, 1.82) is 0 Å². The smallest absolute Gasteiger partial charge is 0.548 e. The zero-order valence-electron chi connectivity index (χ0n) is 15.0. The summed E-state index contributed by atoms with van der Waals surface area (Å²) in [7, 11) is 0. The van der Waals surface area contributed by atoms with Crippen LogP contribution in [0, 0.1) is 0 Å². The molecule has 0 aromatic heterocycles. The Hall–Kier alpha value is 0.0300. The molecule has 10 atom stereocenters. The van der Waals surface area contributed by atoms with Gasteiger partial charge in [0.05, 0.1) is 25.8 Å². The molecule has 2 rings (SSSR count). The van der Waals surface area contributed by atoms with Gasteiger partial charge in [-0.2, -0.15) is 0 Å². The zero-order valence-corrected chi connectivity index (χ0v) is 17.0. The molecule has 2 saturated heterocycles. The van der Waals surface area contributed by atoms with Crippen molar-refractivity contribution in [3.8, 4) is 0 Å². The van der Waals surface area contributed by atoms with Gasteiger partial charge in [-0.1, -0.05) is 0 Å². The fraction of sp³-hybridized carbons (Fsp3) is 0.929. The van der Waals surface area contributed by atoms with E-state index in [9.17, 15) is 45.6 Å². The molecule has 0 aromatic rings. The van der Waals surface area contributed by atoms with Crippen molar-refractivity contribution in [3.63, 3.8) is 0 Å². The van der Waals surface area contributed by atoms with Gasteiger partial charge in [0.15, 0.2) is 12.6 Å². The molecule has 2 heterocycles. The van der Waals surface area contributed by atoms with Gasteiger partial charge in [0.25, 0.3) is 0 Å². The third-order valence-electron chi connectivity index (χ3n) is 4.30. The maximum absolute atomic E-state index is 10.4.